The van der Waals surface area contributed by atoms with Gasteiger partial charge in [0.2, 0.25) is 6.79 Å². The molecule has 17 heavy (non-hydrogen) atoms. The van der Waals surface area contributed by atoms with Crippen molar-refractivity contribution < 1.29 is 17.9 Å². The average molecular weight is 274 g/mol. The fourth-order valence-corrected chi connectivity index (χ4v) is 3.01. The van der Waals surface area contributed by atoms with Crippen molar-refractivity contribution in [2.75, 3.05) is 6.79 Å². The highest BCUT2D eigenvalue weighted by Gasteiger charge is 2.22. The number of fused-ring (bicyclic) bond motifs is 2. The van der Waals surface area contributed by atoms with E-state index in [-0.39, 0.29) is 11.7 Å². The minimum absolute atomic E-state index is 0.0787. The molecule has 0 saturated carbocycles. The monoisotopic (exact) mass is 273 g/mol. The third kappa shape index (κ3) is 1.56. The first-order chi connectivity index (χ1) is 7.97. The minimum Gasteiger partial charge on any atom is -0.454 e. The van der Waals surface area contributed by atoms with Crippen LogP contribution in [0, 0.1) is 0 Å². The van der Waals surface area contributed by atoms with Crippen molar-refractivity contribution in [1.82, 2.24) is 4.57 Å². The van der Waals surface area contributed by atoms with E-state index in [9.17, 15) is 8.42 Å². The van der Waals surface area contributed by atoms with E-state index >= 15 is 0 Å². The summed E-state index contributed by atoms with van der Waals surface area (Å²) in [5.41, 5.74) is 0.730. The molecule has 0 fully saturated rings. The van der Waals surface area contributed by atoms with Gasteiger partial charge in [0.05, 0.1) is 5.52 Å². The molecule has 0 saturated heterocycles. The van der Waals surface area contributed by atoms with Gasteiger partial charge in [-0.2, -0.15) is 0 Å². The summed E-state index contributed by atoms with van der Waals surface area (Å²) < 4.78 is 35.0. The first-order valence-electron chi connectivity index (χ1n) is 4.80. The minimum atomic E-state index is -3.77. The van der Waals surface area contributed by atoms with Gasteiger partial charge in [-0.1, -0.05) is 0 Å². The van der Waals surface area contributed by atoms with Crippen molar-refractivity contribution in [3.63, 3.8) is 0 Å². The van der Waals surface area contributed by atoms with Crippen LogP contribution in [0.4, 0.5) is 0 Å². The predicted octanol–water partition coefficient (Wildman–Crippen LogP) is 1.83. The number of aromatic nitrogens is 1. The molecule has 0 aliphatic carbocycles. The second-order valence-corrected chi connectivity index (χ2v) is 6.30. The van der Waals surface area contributed by atoms with Crippen LogP contribution < -0.4 is 9.47 Å². The Kier molecular flexibility index (Phi) is 2.08. The Morgan fingerprint density at radius 3 is 2.59 bits per heavy atom. The topological polar surface area (TPSA) is 57.5 Å². The largest absolute Gasteiger partial charge is 0.454 e. The van der Waals surface area contributed by atoms with Gasteiger partial charge in [-0.3, -0.25) is 0 Å². The number of nitrogens with zero attached hydrogens (tertiary/aromatic N) is 1. The van der Waals surface area contributed by atoms with Crippen molar-refractivity contribution in [3.05, 3.63) is 18.3 Å². The smallest absolute Gasteiger partial charge is 0.263 e. The summed E-state index contributed by atoms with van der Waals surface area (Å²) in [5.74, 6) is 1.14. The molecule has 3 rings (SSSR count). The van der Waals surface area contributed by atoms with E-state index in [1.54, 1.807) is 23.7 Å². The van der Waals surface area contributed by atoms with Crippen LogP contribution >= 0.6 is 10.7 Å². The number of benzene rings is 1. The van der Waals surface area contributed by atoms with Crippen LogP contribution in [0.1, 0.15) is 0 Å². The molecule has 0 bridgehead atoms. The molecule has 0 atom stereocenters. The molecule has 2 aromatic rings. The SMILES string of the molecule is Cn1cc(S(=O)(=O)Cl)c2cc3c(cc21)OCO3. The molecule has 1 aromatic carbocycles. The first kappa shape index (κ1) is 10.7. The summed E-state index contributed by atoms with van der Waals surface area (Å²) in [7, 11) is 3.36. The van der Waals surface area contributed by atoms with Gasteiger partial charge in [0.15, 0.2) is 11.5 Å². The Bertz CT molecular complexity index is 719. The summed E-state index contributed by atoms with van der Waals surface area (Å²) in [4.78, 5) is 0.0787. The van der Waals surface area contributed by atoms with Crippen molar-refractivity contribution in [2.24, 2.45) is 7.05 Å². The highest BCUT2D eigenvalue weighted by atomic mass is 35.7. The van der Waals surface area contributed by atoms with Gasteiger partial charge in [0.1, 0.15) is 4.90 Å². The zero-order valence-electron chi connectivity index (χ0n) is 8.81. The molecule has 0 spiro atoms. The van der Waals surface area contributed by atoms with Crippen LogP contribution in [0.5, 0.6) is 11.5 Å². The molecular formula is C10H8ClNO4S. The third-order valence-electron chi connectivity index (χ3n) is 2.71. The summed E-state index contributed by atoms with van der Waals surface area (Å²) in [6, 6.07) is 3.37. The molecule has 1 aromatic heterocycles. The molecule has 90 valence electrons. The van der Waals surface area contributed by atoms with Gasteiger partial charge in [-0.25, -0.2) is 8.42 Å². The summed E-state index contributed by atoms with van der Waals surface area (Å²) in [6.45, 7) is 0.147. The Morgan fingerprint density at radius 1 is 1.29 bits per heavy atom. The lowest BCUT2D eigenvalue weighted by molar-refractivity contribution is 0.174. The number of rotatable bonds is 1. The van der Waals surface area contributed by atoms with E-state index in [0.29, 0.717) is 16.9 Å². The van der Waals surface area contributed by atoms with Crippen molar-refractivity contribution in [1.29, 1.82) is 0 Å². The van der Waals surface area contributed by atoms with Crippen LogP contribution in [-0.4, -0.2) is 19.8 Å². The molecule has 0 unspecified atom stereocenters. The summed E-state index contributed by atoms with van der Waals surface area (Å²) in [5, 5.41) is 0.534. The lowest BCUT2D eigenvalue weighted by Gasteiger charge is -1.99. The van der Waals surface area contributed by atoms with Gasteiger partial charge in [0, 0.05) is 35.4 Å². The van der Waals surface area contributed by atoms with Gasteiger partial charge in [0.25, 0.3) is 9.05 Å². The first-order valence-corrected chi connectivity index (χ1v) is 7.11. The third-order valence-corrected chi connectivity index (χ3v) is 4.06. The summed E-state index contributed by atoms with van der Waals surface area (Å²) >= 11 is 0. The van der Waals surface area contributed by atoms with Gasteiger partial charge >= 0.3 is 0 Å². The average Bonchev–Trinajstić information content (AvgIpc) is 2.79. The Balaban J connectivity index is 2.41. The van der Waals surface area contributed by atoms with Crippen LogP contribution in [0.2, 0.25) is 0 Å². The second-order valence-electron chi connectivity index (χ2n) is 3.76. The molecule has 1 aliphatic heterocycles. The maximum absolute atomic E-state index is 11.4. The van der Waals surface area contributed by atoms with Crippen LogP contribution in [0.3, 0.4) is 0 Å². The molecule has 2 heterocycles. The molecule has 0 N–H and O–H groups in total. The molecule has 0 radical (unpaired) electrons. The lowest BCUT2D eigenvalue weighted by Crippen LogP contribution is -1.93. The number of aryl methyl sites for hydroxylation is 1. The maximum Gasteiger partial charge on any atom is 0.263 e. The number of ether oxygens (including phenoxy) is 2. The Morgan fingerprint density at radius 2 is 1.94 bits per heavy atom. The maximum atomic E-state index is 11.4. The lowest BCUT2D eigenvalue weighted by atomic mass is 10.2. The Labute approximate surface area is 102 Å². The van der Waals surface area contributed by atoms with E-state index < -0.39 is 9.05 Å². The number of hydrogen-bond donors (Lipinski definition) is 0. The van der Waals surface area contributed by atoms with E-state index in [0.717, 1.165) is 5.52 Å². The zero-order valence-corrected chi connectivity index (χ0v) is 10.4. The van der Waals surface area contributed by atoms with Crippen molar-refractivity contribution in [3.8, 4) is 11.5 Å². The fourth-order valence-electron chi connectivity index (χ4n) is 1.93. The van der Waals surface area contributed by atoms with Crippen LogP contribution in [0.15, 0.2) is 23.2 Å². The second kappa shape index (κ2) is 3.30. The van der Waals surface area contributed by atoms with Crippen molar-refractivity contribution in [2.45, 2.75) is 4.90 Å². The summed E-state index contributed by atoms with van der Waals surface area (Å²) in [6.07, 6.45) is 1.47. The van der Waals surface area contributed by atoms with E-state index in [1.165, 1.54) is 6.20 Å². The molecule has 5 nitrogen and oxygen atoms in total. The van der Waals surface area contributed by atoms with Crippen LogP contribution in [0.25, 0.3) is 10.9 Å². The van der Waals surface area contributed by atoms with Crippen molar-refractivity contribution >= 4 is 30.6 Å². The molecule has 0 amide bonds. The number of hydrogen-bond acceptors (Lipinski definition) is 4. The van der Waals surface area contributed by atoms with E-state index in [1.807, 2.05) is 0 Å². The normalized spacial score (nSPS) is 14.5. The molecule has 1 aliphatic rings. The van der Waals surface area contributed by atoms with Gasteiger partial charge in [-0.05, 0) is 6.07 Å². The Hall–Kier alpha value is -1.40. The highest BCUT2D eigenvalue weighted by Crippen LogP contribution is 2.39. The van der Waals surface area contributed by atoms with Crippen LogP contribution in [-0.2, 0) is 16.1 Å². The van der Waals surface area contributed by atoms with Gasteiger partial charge < -0.3 is 14.0 Å². The van der Waals surface area contributed by atoms with E-state index in [2.05, 4.69) is 0 Å². The number of halogens is 1. The van der Waals surface area contributed by atoms with E-state index in [4.69, 9.17) is 20.2 Å². The zero-order chi connectivity index (χ0) is 12.2. The predicted molar refractivity (Wildman–Crippen MR) is 62.1 cm³/mol. The quantitative estimate of drug-likeness (QED) is 0.744. The van der Waals surface area contributed by atoms with Gasteiger partial charge in [-0.15, -0.1) is 0 Å². The highest BCUT2D eigenvalue weighted by molar-refractivity contribution is 8.14. The molecular weight excluding hydrogens is 266 g/mol. The fraction of sp³-hybridized carbons (Fsp3) is 0.200. The standard InChI is InChI=1S/C10H8ClNO4S/c1-12-4-10(17(11,13)14)6-2-8-9(3-7(6)12)16-5-15-8/h2-4H,5H2,1H3. The molecule has 7 heteroatoms.